The first kappa shape index (κ1) is 21.3. The molecule has 2 fully saturated rings. The van der Waals surface area contributed by atoms with E-state index in [1.807, 2.05) is 11.4 Å². The molecule has 3 amide bonds. The third kappa shape index (κ3) is 5.62. The molecule has 1 atom stereocenters. The summed E-state index contributed by atoms with van der Waals surface area (Å²) < 4.78 is 33.9. The quantitative estimate of drug-likeness (QED) is 0.473. The summed E-state index contributed by atoms with van der Waals surface area (Å²) >= 11 is 0. The molecule has 2 aliphatic rings. The number of hydrogen-bond acceptors (Lipinski definition) is 8. The minimum atomic E-state index is -2.75. The van der Waals surface area contributed by atoms with E-state index in [0.717, 1.165) is 12.8 Å². The Bertz CT molecular complexity index is 1270. The highest BCUT2D eigenvalue weighted by Gasteiger charge is 2.30. The van der Waals surface area contributed by atoms with Crippen molar-refractivity contribution in [2.75, 3.05) is 44.4 Å². The lowest BCUT2D eigenvalue weighted by atomic mass is 10.0. The molecule has 11 nitrogen and oxygen atoms in total. The monoisotopic (exact) mass is 497 g/mol. The molecule has 1 unspecified atom stereocenters. The Morgan fingerprint density at radius 3 is 2.78 bits per heavy atom. The molecule has 1 saturated heterocycles. The molecule has 0 radical (unpaired) electrons. The summed E-state index contributed by atoms with van der Waals surface area (Å²) in [6, 6.07) is 6.73. The van der Waals surface area contributed by atoms with Gasteiger partial charge in [-0.05, 0) is 31.4 Å². The number of hydrogen-bond donors (Lipinski definition) is 3. The van der Waals surface area contributed by atoms with Gasteiger partial charge in [0.1, 0.15) is 5.75 Å². The van der Waals surface area contributed by atoms with Crippen LogP contribution < -0.4 is 20.7 Å². The molecule has 1 aromatic heterocycles. The Hall–Kier alpha value is -3.99. The number of aromatic nitrogens is 2. The minimum absolute atomic E-state index is 0.0872. The molecular formula is C25H30N6O5. The number of rotatable bonds is 8. The Morgan fingerprint density at radius 2 is 2.06 bits per heavy atom. The summed E-state index contributed by atoms with van der Waals surface area (Å²) in [7, 11) is 1.49. The lowest BCUT2D eigenvalue weighted by Crippen LogP contribution is -2.31. The van der Waals surface area contributed by atoms with Gasteiger partial charge >= 0.3 is 0 Å². The maximum atomic E-state index is 12.7. The number of carbonyl (C=O) groups is 3. The molecule has 2 aromatic rings. The largest absolute Gasteiger partial charge is 0.494 e. The van der Waals surface area contributed by atoms with Crippen molar-refractivity contribution in [1.29, 1.82) is 0 Å². The van der Waals surface area contributed by atoms with Gasteiger partial charge in [0.2, 0.25) is 11.8 Å². The van der Waals surface area contributed by atoms with Gasteiger partial charge in [0.25, 0.3) is 5.91 Å². The summed E-state index contributed by atoms with van der Waals surface area (Å²) in [5, 5.41) is 15.5. The number of carbonyl (C=O) groups excluding carboxylic acids is 3. The number of anilines is 3. The van der Waals surface area contributed by atoms with Crippen molar-refractivity contribution in [2.45, 2.75) is 25.4 Å². The molecule has 11 heteroatoms. The maximum absolute atomic E-state index is 12.7. The predicted octanol–water partition coefficient (Wildman–Crippen LogP) is 2.41. The van der Waals surface area contributed by atoms with Crippen LogP contribution >= 0.6 is 0 Å². The summed E-state index contributed by atoms with van der Waals surface area (Å²) in [5.41, 5.74) is 0.982. The zero-order valence-electron chi connectivity index (χ0n) is 22.9. The number of benzene rings is 1. The molecule has 1 saturated carbocycles. The van der Waals surface area contributed by atoms with Crippen molar-refractivity contribution in [1.82, 2.24) is 20.4 Å². The van der Waals surface area contributed by atoms with Crippen LogP contribution in [0.5, 0.6) is 5.75 Å². The highest BCUT2D eigenvalue weighted by atomic mass is 16.5. The fourth-order valence-electron chi connectivity index (χ4n) is 4.00. The van der Waals surface area contributed by atoms with Crippen LogP contribution in [-0.4, -0.2) is 66.6 Å². The molecule has 4 rings (SSSR count). The second-order valence-electron chi connectivity index (χ2n) is 8.44. The van der Waals surface area contributed by atoms with Crippen LogP contribution in [0.15, 0.2) is 36.9 Å². The fourth-order valence-corrected chi connectivity index (χ4v) is 4.00. The average Bonchev–Trinajstić information content (AvgIpc) is 3.75. The first-order valence-electron chi connectivity index (χ1n) is 13.1. The summed E-state index contributed by atoms with van der Waals surface area (Å²) in [6.45, 7) is 2.02. The normalized spacial score (nSPS) is 19.1. The van der Waals surface area contributed by atoms with Crippen molar-refractivity contribution < 1.29 is 28.0 Å². The SMILES string of the molecule is [2H]C([2H])([2H])NC(=O)c1nnc(NC(=O)C2CC2)cc1Nc1cccc(C2CCN(C(=O)C=C)CCO2)c1OC. The van der Waals surface area contributed by atoms with Crippen LogP contribution in [0.25, 0.3) is 0 Å². The lowest BCUT2D eigenvalue weighted by molar-refractivity contribution is -0.126. The van der Waals surface area contributed by atoms with Crippen molar-refractivity contribution in [3.05, 3.63) is 48.2 Å². The second kappa shape index (κ2) is 11.2. The number of nitrogens with zero attached hydrogens (tertiary/aromatic N) is 3. The Morgan fingerprint density at radius 1 is 1.22 bits per heavy atom. The van der Waals surface area contributed by atoms with Gasteiger partial charge in [0.05, 0.1) is 31.2 Å². The molecule has 2 heterocycles. The van der Waals surface area contributed by atoms with Crippen LogP contribution in [0, 0.1) is 5.92 Å². The molecule has 1 aliphatic carbocycles. The molecule has 3 N–H and O–H groups in total. The van der Waals surface area contributed by atoms with Crippen LogP contribution in [0.2, 0.25) is 0 Å². The predicted molar refractivity (Wildman–Crippen MR) is 133 cm³/mol. The zero-order valence-corrected chi connectivity index (χ0v) is 19.9. The van der Waals surface area contributed by atoms with Gasteiger partial charge in [0, 0.05) is 41.7 Å². The van der Waals surface area contributed by atoms with E-state index in [1.54, 1.807) is 17.0 Å². The van der Waals surface area contributed by atoms with Gasteiger partial charge in [-0.3, -0.25) is 14.4 Å². The maximum Gasteiger partial charge on any atom is 0.273 e. The third-order valence-electron chi connectivity index (χ3n) is 6.02. The van der Waals surface area contributed by atoms with Crippen molar-refractivity contribution in [3.8, 4) is 5.75 Å². The van der Waals surface area contributed by atoms with Gasteiger partial charge in [-0.1, -0.05) is 18.7 Å². The van der Waals surface area contributed by atoms with E-state index >= 15 is 0 Å². The average molecular weight is 498 g/mol. The van der Waals surface area contributed by atoms with Gasteiger partial charge in [0.15, 0.2) is 11.5 Å². The van der Waals surface area contributed by atoms with Gasteiger partial charge in [-0.15, -0.1) is 10.2 Å². The fraction of sp³-hybridized carbons (Fsp3) is 0.400. The van der Waals surface area contributed by atoms with Gasteiger partial charge in [-0.2, -0.15) is 0 Å². The molecule has 0 spiro atoms. The molecule has 36 heavy (non-hydrogen) atoms. The minimum Gasteiger partial charge on any atom is -0.494 e. The summed E-state index contributed by atoms with van der Waals surface area (Å²) in [6.07, 6.45) is 2.98. The molecular weight excluding hydrogens is 464 g/mol. The number of ether oxygens (including phenoxy) is 2. The third-order valence-corrected chi connectivity index (χ3v) is 6.02. The van der Waals surface area contributed by atoms with E-state index in [4.69, 9.17) is 13.6 Å². The standard InChI is InChI=1S/C25H30N6O5/c1-4-21(32)31-11-10-19(36-13-12-31)16-6-5-7-17(23(16)35-3)27-18-14-20(28-24(33)15-8-9-15)29-30-22(18)25(34)26-2/h4-7,14-15,19H,1,8-13H2,2-3H3,(H,26,34)(H2,27,28,29,33)/i2D3. The van der Waals surface area contributed by atoms with Crippen molar-refractivity contribution in [3.63, 3.8) is 0 Å². The van der Waals surface area contributed by atoms with E-state index in [9.17, 15) is 14.4 Å². The van der Waals surface area contributed by atoms with E-state index in [1.165, 1.54) is 19.3 Å². The first-order valence-corrected chi connectivity index (χ1v) is 11.6. The molecule has 0 bridgehead atoms. The number of para-hydroxylation sites is 1. The Kier molecular flexibility index (Phi) is 6.61. The van der Waals surface area contributed by atoms with Crippen LogP contribution in [0.3, 0.4) is 0 Å². The van der Waals surface area contributed by atoms with E-state index < -0.39 is 12.9 Å². The summed E-state index contributed by atoms with van der Waals surface area (Å²) in [4.78, 5) is 38.7. The Labute approximate surface area is 213 Å². The second-order valence-corrected chi connectivity index (χ2v) is 8.44. The Balaban J connectivity index is 1.65. The number of methoxy groups -OCH3 is 1. The molecule has 1 aromatic carbocycles. The van der Waals surface area contributed by atoms with Gasteiger partial charge in [-0.25, -0.2) is 0 Å². The number of nitrogens with one attached hydrogen (secondary N) is 3. The lowest BCUT2D eigenvalue weighted by Gasteiger charge is -2.21. The molecule has 190 valence electrons. The molecule has 1 aliphatic heterocycles. The highest BCUT2D eigenvalue weighted by Crippen LogP contribution is 2.39. The summed E-state index contributed by atoms with van der Waals surface area (Å²) in [5.74, 6) is -0.902. The smallest absolute Gasteiger partial charge is 0.273 e. The van der Waals surface area contributed by atoms with Crippen LogP contribution in [0.1, 0.15) is 45.5 Å². The van der Waals surface area contributed by atoms with Crippen molar-refractivity contribution >= 4 is 34.9 Å². The van der Waals surface area contributed by atoms with E-state index in [-0.39, 0.29) is 41.0 Å². The number of amides is 3. The van der Waals surface area contributed by atoms with E-state index in [2.05, 4.69) is 27.4 Å². The first-order chi connectivity index (χ1) is 18.6. The van der Waals surface area contributed by atoms with Crippen molar-refractivity contribution in [2.24, 2.45) is 5.92 Å². The topological polar surface area (TPSA) is 135 Å². The zero-order chi connectivity index (χ0) is 28.2. The highest BCUT2D eigenvalue weighted by molar-refractivity contribution is 5.99. The van der Waals surface area contributed by atoms with Gasteiger partial charge < -0.3 is 30.3 Å². The van der Waals surface area contributed by atoms with E-state index in [0.29, 0.717) is 43.1 Å². The van der Waals surface area contributed by atoms with Crippen LogP contribution in [0.4, 0.5) is 17.2 Å². The van der Waals surface area contributed by atoms with Crippen LogP contribution in [-0.2, 0) is 14.3 Å².